The number of hydrogen-bond acceptors (Lipinski definition) is 3. The summed E-state index contributed by atoms with van der Waals surface area (Å²) in [6.45, 7) is 5.02. The van der Waals surface area contributed by atoms with Crippen LogP contribution < -0.4 is 5.32 Å². The highest BCUT2D eigenvalue weighted by molar-refractivity contribution is 5.89. The quantitative estimate of drug-likeness (QED) is 0.916. The second-order valence-corrected chi connectivity index (χ2v) is 5.49. The topological polar surface area (TPSA) is 42.7 Å². The van der Waals surface area contributed by atoms with Gasteiger partial charge in [-0.1, -0.05) is 19.3 Å². The SMILES string of the molecule is CCn1ncc2c(NC3CCCCC3)cc(C)nc21. The normalized spacial score (nSPS) is 16.9. The summed E-state index contributed by atoms with van der Waals surface area (Å²) < 4.78 is 1.97. The molecule has 2 heterocycles. The van der Waals surface area contributed by atoms with Crippen molar-refractivity contribution in [1.29, 1.82) is 0 Å². The number of anilines is 1. The molecule has 1 aliphatic rings. The minimum atomic E-state index is 0.615. The lowest BCUT2D eigenvalue weighted by molar-refractivity contribution is 0.463. The first-order chi connectivity index (χ1) is 9.28. The average molecular weight is 258 g/mol. The van der Waals surface area contributed by atoms with Crippen LogP contribution in [0, 0.1) is 6.92 Å². The van der Waals surface area contributed by atoms with Crippen LogP contribution in [0.5, 0.6) is 0 Å². The molecule has 0 aromatic carbocycles. The van der Waals surface area contributed by atoms with E-state index >= 15 is 0 Å². The lowest BCUT2D eigenvalue weighted by atomic mass is 9.95. The minimum Gasteiger partial charge on any atom is -0.382 e. The van der Waals surface area contributed by atoms with Crippen LogP contribution in [0.3, 0.4) is 0 Å². The van der Waals surface area contributed by atoms with Gasteiger partial charge in [0.05, 0.1) is 11.6 Å². The standard InChI is InChI=1S/C15H22N4/c1-3-19-15-13(10-16-19)14(9-11(2)17-15)18-12-7-5-4-6-8-12/h9-10,12H,3-8H2,1-2H3,(H,17,18). The van der Waals surface area contributed by atoms with Gasteiger partial charge >= 0.3 is 0 Å². The number of pyridine rings is 1. The number of nitrogens with one attached hydrogen (secondary N) is 1. The fraction of sp³-hybridized carbons (Fsp3) is 0.600. The predicted molar refractivity (Wildman–Crippen MR) is 78.4 cm³/mol. The Labute approximate surface area is 114 Å². The Morgan fingerprint density at radius 2 is 2.11 bits per heavy atom. The molecule has 0 amide bonds. The molecule has 0 radical (unpaired) electrons. The van der Waals surface area contributed by atoms with Crippen molar-refractivity contribution in [1.82, 2.24) is 14.8 Å². The largest absolute Gasteiger partial charge is 0.382 e. The lowest BCUT2D eigenvalue weighted by Gasteiger charge is -2.24. The number of fused-ring (bicyclic) bond motifs is 1. The van der Waals surface area contributed by atoms with Crippen LogP contribution in [0.25, 0.3) is 11.0 Å². The Bertz CT molecular complexity index is 567. The fourth-order valence-corrected chi connectivity index (χ4v) is 2.99. The molecule has 0 saturated heterocycles. The van der Waals surface area contributed by atoms with Crippen molar-refractivity contribution < 1.29 is 0 Å². The summed E-state index contributed by atoms with van der Waals surface area (Å²) in [6.07, 6.45) is 8.58. The number of aryl methyl sites for hydroxylation is 2. The van der Waals surface area contributed by atoms with Gasteiger partial charge < -0.3 is 5.32 Å². The van der Waals surface area contributed by atoms with Gasteiger partial charge in [0, 0.05) is 24.0 Å². The maximum absolute atomic E-state index is 4.62. The van der Waals surface area contributed by atoms with E-state index in [2.05, 4.69) is 35.3 Å². The number of aromatic nitrogens is 3. The first-order valence-electron chi connectivity index (χ1n) is 7.37. The summed E-state index contributed by atoms with van der Waals surface area (Å²) in [4.78, 5) is 4.62. The summed E-state index contributed by atoms with van der Waals surface area (Å²) in [5.74, 6) is 0. The summed E-state index contributed by atoms with van der Waals surface area (Å²) in [7, 11) is 0. The van der Waals surface area contributed by atoms with Crippen molar-refractivity contribution in [2.24, 2.45) is 0 Å². The highest BCUT2D eigenvalue weighted by Gasteiger charge is 2.16. The first kappa shape index (κ1) is 12.5. The highest BCUT2D eigenvalue weighted by atomic mass is 15.3. The van der Waals surface area contributed by atoms with E-state index < -0.39 is 0 Å². The van der Waals surface area contributed by atoms with Gasteiger partial charge in [0.2, 0.25) is 0 Å². The van der Waals surface area contributed by atoms with Gasteiger partial charge in [-0.15, -0.1) is 0 Å². The molecule has 4 heteroatoms. The van der Waals surface area contributed by atoms with Crippen molar-refractivity contribution >= 4 is 16.7 Å². The molecule has 0 atom stereocenters. The molecule has 19 heavy (non-hydrogen) atoms. The second-order valence-electron chi connectivity index (χ2n) is 5.49. The first-order valence-corrected chi connectivity index (χ1v) is 7.37. The molecule has 2 aromatic heterocycles. The summed E-state index contributed by atoms with van der Waals surface area (Å²) >= 11 is 0. The second kappa shape index (κ2) is 5.19. The van der Waals surface area contributed by atoms with Gasteiger partial charge in [-0.05, 0) is 32.8 Å². The van der Waals surface area contributed by atoms with Crippen molar-refractivity contribution in [3.05, 3.63) is 18.0 Å². The molecule has 3 rings (SSSR count). The van der Waals surface area contributed by atoms with E-state index in [1.165, 1.54) is 37.8 Å². The molecule has 2 aromatic rings. The third kappa shape index (κ3) is 2.44. The molecule has 4 nitrogen and oxygen atoms in total. The van der Waals surface area contributed by atoms with Gasteiger partial charge in [-0.2, -0.15) is 5.10 Å². The van der Waals surface area contributed by atoms with Crippen LogP contribution in [-0.4, -0.2) is 20.8 Å². The molecule has 0 unspecified atom stereocenters. The van der Waals surface area contributed by atoms with Crippen LogP contribution in [-0.2, 0) is 6.54 Å². The van der Waals surface area contributed by atoms with Crippen LogP contribution in [0.2, 0.25) is 0 Å². The summed E-state index contributed by atoms with van der Waals surface area (Å²) in [6, 6.07) is 2.77. The third-order valence-corrected chi connectivity index (χ3v) is 4.00. The van der Waals surface area contributed by atoms with E-state index in [9.17, 15) is 0 Å². The van der Waals surface area contributed by atoms with Gasteiger partial charge in [0.15, 0.2) is 5.65 Å². The molecule has 0 aliphatic heterocycles. The Balaban J connectivity index is 1.95. The number of rotatable bonds is 3. The summed E-state index contributed by atoms with van der Waals surface area (Å²) in [5, 5.41) is 9.28. The number of nitrogens with zero attached hydrogens (tertiary/aromatic N) is 3. The van der Waals surface area contributed by atoms with E-state index in [0.717, 1.165) is 23.3 Å². The molecule has 1 N–H and O–H groups in total. The summed E-state index contributed by atoms with van der Waals surface area (Å²) in [5.41, 5.74) is 3.26. The molecule has 1 saturated carbocycles. The Morgan fingerprint density at radius 3 is 2.84 bits per heavy atom. The zero-order valence-electron chi connectivity index (χ0n) is 11.8. The lowest BCUT2D eigenvalue weighted by Crippen LogP contribution is -2.22. The van der Waals surface area contributed by atoms with Crippen molar-refractivity contribution in [2.75, 3.05) is 5.32 Å². The third-order valence-electron chi connectivity index (χ3n) is 4.00. The van der Waals surface area contributed by atoms with Crippen LogP contribution in [0.4, 0.5) is 5.69 Å². The predicted octanol–water partition coefficient (Wildman–Crippen LogP) is 3.50. The monoisotopic (exact) mass is 258 g/mol. The molecule has 0 spiro atoms. The van der Waals surface area contributed by atoms with Crippen LogP contribution in [0.15, 0.2) is 12.3 Å². The van der Waals surface area contributed by atoms with Crippen LogP contribution in [0.1, 0.15) is 44.7 Å². The Morgan fingerprint density at radius 1 is 1.32 bits per heavy atom. The van der Waals surface area contributed by atoms with Crippen molar-refractivity contribution in [3.63, 3.8) is 0 Å². The van der Waals surface area contributed by atoms with E-state index in [4.69, 9.17) is 0 Å². The number of hydrogen-bond donors (Lipinski definition) is 1. The fourth-order valence-electron chi connectivity index (χ4n) is 2.99. The molecule has 1 fully saturated rings. The van der Waals surface area contributed by atoms with Crippen molar-refractivity contribution in [2.45, 2.75) is 58.5 Å². The van der Waals surface area contributed by atoms with Crippen molar-refractivity contribution in [3.8, 4) is 0 Å². The maximum Gasteiger partial charge on any atom is 0.160 e. The molecular weight excluding hydrogens is 236 g/mol. The molecule has 102 valence electrons. The van der Waals surface area contributed by atoms with E-state index in [1.807, 2.05) is 10.9 Å². The Hall–Kier alpha value is -1.58. The zero-order chi connectivity index (χ0) is 13.2. The van der Waals surface area contributed by atoms with Gasteiger partial charge in [0.25, 0.3) is 0 Å². The minimum absolute atomic E-state index is 0.615. The average Bonchev–Trinajstić information content (AvgIpc) is 2.83. The van der Waals surface area contributed by atoms with E-state index in [0.29, 0.717) is 6.04 Å². The highest BCUT2D eigenvalue weighted by Crippen LogP contribution is 2.27. The molecule has 0 bridgehead atoms. The van der Waals surface area contributed by atoms with Crippen LogP contribution >= 0.6 is 0 Å². The van der Waals surface area contributed by atoms with Gasteiger partial charge in [0.1, 0.15) is 0 Å². The van der Waals surface area contributed by atoms with E-state index in [1.54, 1.807) is 0 Å². The smallest absolute Gasteiger partial charge is 0.160 e. The van der Waals surface area contributed by atoms with Gasteiger partial charge in [-0.3, -0.25) is 0 Å². The maximum atomic E-state index is 4.62. The van der Waals surface area contributed by atoms with E-state index in [-0.39, 0.29) is 0 Å². The molecular formula is C15H22N4. The zero-order valence-corrected chi connectivity index (χ0v) is 11.8. The molecule has 1 aliphatic carbocycles. The van der Waals surface area contributed by atoms with Gasteiger partial charge in [-0.25, -0.2) is 9.67 Å². The Kier molecular flexibility index (Phi) is 3.40.